The quantitative estimate of drug-likeness (QED) is 0.767. The molecule has 2 nitrogen and oxygen atoms in total. The highest BCUT2D eigenvalue weighted by molar-refractivity contribution is 5.92. The fourth-order valence-corrected chi connectivity index (χ4v) is 4.80. The lowest BCUT2D eigenvalue weighted by molar-refractivity contribution is -0.132. The Balaban J connectivity index is 1.86. The molecule has 20 heavy (non-hydrogen) atoms. The van der Waals surface area contributed by atoms with E-state index in [-0.39, 0.29) is 22.7 Å². The summed E-state index contributed by atoms with van der Waals surface area (Å²) in [7, 11) is 1.70. The second kappa shape index (κ2) is 4.56. The molecule has 5 radical (unpaired) electrons. The molecule has 0 saturated heterocycles. The molecule has 2 heteroatoms. The zero-order valence-electron chi connectivity index (χ0n) is 13.2. The first-order chi connectivity index (χ1) is 9.31. The second-order valence-corrected chi connectivity index (χ2v) is 7.49. The Morgan fingerprint density at radius 1 is 1.25 bits per heavy atom. The van der Waals surface area contributed by atoms with Crippen LogP contribution in [-0.2, 0) is 9.53 Å². The minimum absolute atomic E-state index is 0.124. The predicted octanol–water partition coefficient (Wildman–Crippen LogP) is 3.64. The maximum absolute atomic E-state index is 13.0. The van der Waals surface area contributed by atoms with Gasteiger partial charge in [0.25, 0.3) is 0 Å². The van der Waals surface area contributed by atoms with E-state index in [2.05, 4.69) is 40.5 Å². The van der Waals surface area contributed by atoms with Crippen molar-refractivity contribution >= 4 is 5.78 Å². The number of carbonyl (C=O) groups excluding carboxylic acids is 1. The van der Waals surface area contributed by atoms with Gasteiger partial charge in [-0.2, -0.15) is 0 Å². The number of ketones is 1. The number of carbonyl (C=O) groups is 1. The van der Waals surface area contributed by atoms with Gasteiger partial charge in [-0.05, 0) is 42.4 Å². The maximum atomic E-state index is 13.0. The van der Waals surface area contributed by atoms with Crippen molar-refractivity contribution in [2.45, 2.75) is 40.5 Å². The fourth-order valence-electron chi connectivity index (χ4n) is 4.80. The second-order valence-electron chi connectivity index (χ2n) is 7.49. The van der Waals surface area contributed by atoms with Gasteiger partial charge in [0.2, 0.25) is 0 Å². The zero-order valence-corrected chi connectivity index (χ0v) is 13.2. The van der Waals surface area contributed by atoms with Gasteiger partial charge in [-0.1, -0.05) is 27.7 Å². The number of fused-ring (bicyclic) bond motifs is 2. The topological polar surface area (TPSA) is 26.3 Å². The number of methoxy groups -OCH3 is 1. The van der Waals surface area contributed by atoms with Crippen LogP contribution < -0.4 is 0 Å². The monoisotopic (exact) mass is 273 g/mol. The molecule has 0 aliphatic heterocycles. The van der Waals surface area contributed by atoms with Crippen molar-refractivity contribution in [1.29, 1.82) is 0 Å². The molecule has 0 N–H and O–H groups in total. The van der Waals surface area contributed by atoms with Gasteiger partial charge in [0.15, 0.2) is 0 Å². The first-order valence-corrected chi connectivity index (χ1v) is 7.64. The van der Waals surface area contributed by atoms with Crippen LogP contribution in [0.15, 0.2) is 0 Å². The van der Waals surface area contributed by atoms with Crippen molar-refractivity contribution in [1.82, 2.24) is 0 Å². The van der Waals surface area contributed by atoms with Crippen LogP contribution in [0, 0.1) is 59.9 Å². The van der Waals surface area contributed by atoms with Crippen LogP contribution in [0.25, 0.3) is 0 Å². The first-order valence-electron chi connectivity index (χ1n) is 7.64. The summed E-state index contributed by atoms with van der Waals surface area (Å²) in [5.74, 6) is 2.52. The fraction of sp³-hybridized carbons (Fsp3) is 0.667. The van der Waals surface area contributed by atoms with E-state index in [4.69, 9.17) is 4.74 Å². The standard InChI is InChI=1S/C18H25O2/c1-11-8-12(10-13(9-11)20-5)15-14-6-7-18(4,16(15)19)17(14,2)3/h8-10,12,14-15H,6-7H2,1-5H3/t12-,14+,15+,18-/m0/s1. The first kappa shape index (κ1) is 14.6. The van der Waals surface area contributed by atoms with Crippen molar-refractivity contribution < 1.29 is 9.53 Å². The Morgan fingerprint density at radius 2 is 1.95 bits per heavy atom. The number of Topliss-reactive ketones (excluding diaryl/α,β-unsaturated/α-hetero) is 1. The average molecular weight is 273 g/mol. The molecule has 0 heterocycles. The van der Waals surface area contributed by atoms with E-state index in [0.717, 1.165) is 12.5 Å². The van der Waals surface area contributed by atoms with Gasteiger partial charge >= 0.3 is 0 Å². The Labute approximate surface area is 123 Å². The van der Waals surface area contributed by atoms with Gasteiger partial charge in [0.1, 0.15) is 11.9 Å². The summed E-state index contributed by atoms with van der Waals surface area (Å²) in [4.78, 5) is 13.0. The van der Waals surface area contributed by atoms with Crippen molar-refractivity contribution in [3.8, 4) is 0 Å². The summed E-state index contributed by atoms with van der Waals surface area (Å²) in [5, 5.41) is 0. The van der Waals surface area contributed by atoms with E-state index < -0.39 is 0 Å². The van der Waals surface area contributed by atoms with Crippen LogP contribution in [-0.4, -0.2) is 12.9 Å². The average Bonchev–Trinajstić information content (AvgIpc) is 2.70. The van der Waals surface area contributed by atoms with Crippen LogP contribution in [0.3, 0.4) is 0 Å². The SMILES string of the molecule is CO[C]1[CH][C](C)[CH][C@H]([C@H]2C(=O)[C@]3(C)CC[C@H]2C3(C)C)[CH]1. The minimum Gasteiger partial charge on any atom is -0.375 e. The van der Waals surface area contributed by atoms with Crippen LogP contribution in [0.2, 0.25) is 0 Å². The molecule has 0 spiro atoms. The Hall–Kier alpha value is -0.370. The molecule has 3 aliphatic carbocycles. The number of ether oxygens (including phenoxy) is 1. The van der Waals surface area contributed by atoms with Crippen molar-refractivity contribution in [3.05, 3.63) is 31.3 Å². The molecule has 3 saturated carbocycles. The normalized spacial score (nSPS) is 45.2. The Bertz CT molecular complexity index is 414. The molecule has 0 aromatic heterocycles. The molecule has 3 rings (SSSR count). The van der Waals surface area contributed by atoms with E-state index in [9.17, 15) is 4.79 Å². The summed E-state index contributed by atoms with van der Waals surface area (Å²) in [5.41, 5.74) is -0.00888. The third-order valence-electron chi connectivity index (χ3n) is 6.42. The zero-order chi connectivity index (χ0) is 14.7. The van der Waals surface area contributed by atoms with Gasteiger partial charge in [-0.15, -0.1) is 0 Å². The third-order valence-corrected chi connectivity index (χ3v) is 6.42. The highest BCUT2D eigenvalue weighted by Gasteiger charge is 2.67. The molecular formula is C18H25O2. The number of rotatable bonds is 2. The maximum Gasteiger partial charge on any atom is 0.142 e. The van der Waals surface area contributed by atoms with E-state index in [1.165, 1.54) is 12.3 Å². The van der Waals surface area contributed by atoms with E-state index >= 15 is 0 Å². The van der Waals surface area contributed by atoms with Gasteiger partial charge in [-0.3, -0.25) is 4.79 Å². The lowest BCUT2D eigenvalue weighted by Gasteiger charge is -2.37. The van der Waals surface area contributed by atoms with Crippen molar-refractivity contribution in [3.63, 3.8) is 0 Å². The third kappa shape index (κ3) is 1.76. The van der Waals surface area contributed by atoms with Crippen LogP contribution in [0.1, 0.15) is 40.5 Å². The van der Waals surface area contributed by atoms with Crippen LogP contribution in [0.4, 0.5) is 0 Å². The lowest BCUT2D eigenvalue weighted by Crippen LogP contribution is -2.38. The van der Waals surface area contributed by atoms with Gasteiger partial charge in [0.05, 0.1) is 0 Å². The Morgan fingerprint density at radius 3 is 2.50 bits per heavy atom. The van der Waals surface area contributed by atoms with Crippen molar-refractivity contribution in [2.24, 2.45) is 28.6 Å². The van der Waals surface area contributed by atoms with Gasteiger partial charge in [0, 0.05) is 31.3 Å². The van der Waals surface area contributed by atoms with E-state index in [1.807, 2.05) is 6.42 Å². The van der Waals surface area contributed by atoms with E-state index in [1.54, 1.807) is 7.11 Å². The molecule has 0 aromatic carbocycles. The molecule has 4 atom stereocenters. The minimum atomic E-state index is -0.133. The molecule has 2 bridgehead atoms. The summed E-state index contributed by atoms with van der Waals surface area (Å²) in [6, 6.07) is 0. The summed E-state index contributed by atoms with van der Waals surface area (Å²) >= 11 is 0. The molecule has 0 unspecified atom stereocenters. The van der Waals surface area contributed by atoms with Crippen LogP contribution in [0.5, 0.6) is 0 Å². The number of hydrogen-bond acceptors (Lipinski definition) is 2. The Kier molecular flexibility index (Phi) is 3.32. The van der Waals surface area contributed by atoms with E-state index in [0.29, 0.717) is 11.7 Å². The summed E-state index contributed by atoms with van der Waals surface area (Å²) < 4.78 is 5.40. The van der Waals surface area contributed by atoms with Crippen molar-refractivity contribution in [2.75, 3.05) is 7.11 Å². The molecule has 109 valence electrons. The summed E-state index contributed by atoms with van der Waals surface area (Å²) in [6.07, 6.45) is 9.56. The highest BCUT2D eigenvalue weighted by Crippen LogP contribution is 2.67. The molecule has 0 amide bonds. The number of hydrogen-bond donors (Lipinski definition) is 0. The molecular weight excluding hydrogens is 248 g/mol. The van der Waals surface area contributed by atoms with Gasteiger partial charge in [-0.25, -0.2) is 0 Å². The molecule has 3 fully saturated rings. The summed E-state index contributed by atoms with van der Waals surface area (Å²) in [6.45, 7) is 8.84. The lowest BCUT2D eigenvalue weighted by atomic mass is 9.67. The smallest absolute Gasteiger partial charge is 0.142 e. The predicted molar refractivity (Wildman–Crippen MR) is 78.7 cm³/mol. The van der Waals surface area contributed by atoms with Crippen LogP contribution >= 0.6 is 0 Å². The highest BCUT2D eigenvalue weighted by atomic mass is 16.5. The largest absolute Gasteiger partial charge is 0.375 e. The van der Waals surface area contributed by atoms with Gasteiger partial charge < -0.3 is 4.74 Å². The molecule has 3 aliphatic rings. The molecule has 0 aromatic rings.